The van der Waals surface area contributed by atoms with Crippen LogP contribution in [-0.4, -0.2) is 34.0 Å². The molecule has 0 saturated carbocycles. The summed E-state index contributed by atoms with van der Waals surface area (Å²) in [5, 5.41) is 11.4. The number of carbonyl (C=O) groups excluding carboxylic acids is 1. The number of para-hydroxylation sites is 1. The van der Waals surface area contributed by atoms with Gasteiger partial charge in [-0.2, -0.15) is 0 Å². The maximum atomic E-state index is 12.9. The second kappa shape index (κ2) is 6.87. The smallest absolute Gasteiger partial charge is 0.257 e. The first-order valence-corrected chi connectivity index (χ1v) is 9.34. The van der Waals surface area contributed by atoms with Crippen LogP contribution in [0.2, 0.25) is 0 Å². The van der Waals surface area contributed by atoms with E-state index in [1.165, 1.54) is 16.5 Å². The molecule has 1 fully saturated rings. The minimum atomic E-state index is -0.0600. The maximum Gasteiger partial charge on any atom is 0.257 e. The zero-order chi connectivity index (χ0) is 18.1. The van der Waals surface area contributed by atoms with E-state index in [1.54, 1.807) is 6.07 Å². The zero-order valence-corrected chi connectivity index (χ0v) is 15.0. The van der Waals surface area contributed by atoms with E-state index in [9.17, 15) is 9.90 Å². The molecule has 0 unspecified atom stereocenters. The molecule has 2 aromatic carbocycles. The number of benzene rings is 2. The van der Waals surface area contributed by atoms with E-state index >= 15 is 0 Å². The Morgan fingerprint density at radius 1 is 1.19 bits per heavy atom. The van der Waals surface area contributed by atoms with Gasteiger partial charge in [0, 0.05) is 30.2 Å². The Morgan fingerprint density at radius 2 is 1.96 bits per heavy atom. The highest BCUT2D eigenvalue weighted by Crippen LogP contribution is 2.34. The van der Waals surface area contributed by atoms with Crippen LogP contribution in [0.3, 0.4) is 0 Å². The molecule has 0 radical (unpaired) electrons. The molecule has 1 aliphatic heterocycles. The molecular formula is C22H24N2O2. The number of hydrogen-bond acceptors (Lipinski definition) is 2. The average Bonchev–Trinajstić information content (AvgIpc) is 3.12. The van der Waals surface area contributed by atoms with E-state index in [0.29, 0.717) is 11.5 Å². The molecular weight excluding hydrogens is 324 g/mol. The van der Waals surface area contributed by atoms with Gasteiger partial charge < -0.3 is 15.0 Å². The average molecular weight is 348 g/mol. The lowest BCUT2D eigenvalue weighted by atomic mass is 9.89. The van der Waals surface area contributed by atoms with Crippen LogP contribution in [0.15, 0.2) is 48.7 Å². The topological polar surface area (TPSA) is 56.3 Å². The molecule has 2 heterocycles. The molecule has 2 N–H and O–H groups in total. The third-order valence-corrected chi connectivity index (χ3v) is 5.54. The first kappa shape index (κ1) is 16.7. The number of phenolic OH excluding ortho intramolecular Hbond substituents is 1. The Balaban J connectivity index is 1.49. The second-order valence-corrected chi connectivity index (χ2v) is 7.06. The van der Waals surface area contributed by atoms with E-state index in [0.717, 1.165) is 37.9 Å². The van der Waals surface area contributed by atoms with Crippen molar-refractivity contribution in [2.24, 2.45) is 0 Å². The summed E-state index contributed by atoms with van der Waals surface area (Å²) in [4.78, 5) is 18.1. The quantitative estimate of drug-likeness (QED) is 0.734. The third kappa shape index (κ3) is 2.96. The van der Waals surface area contributed by atoms with E-state index < -0.39 is 0 Å². The molecule has 0 aliphatic carbocycles. The van der Waals surface area contributed by atoms with Crippen LogP contribution in [-0.2, 0) is 6.42 Å². The van der Waals surface area contributed by atoms with Crippen LogP contribution >= 0.6 is 0 Å². The number of H-pyrrole nitrogens is 1. The van der Waals surface area contributed by atoms with Crippen molar-refractivity contribution in [3.63, 3.8) is 0 Å². The number of carbonyl (C=O) groups is 1. The number of aromatic amines is 1. The molecule has 1 aliphatic rings. The number of aromatic nitrogens is 1. The van der Waals surface area contributed by atoms with Crippen LogP contribution in [0, 0.1) is 0 Å². The predicted molar refractivity (Wildman–Crippen MR) is 104 cm³/mol. The van der Waals surface area contributed by atoms with E-state index in [4.69, 9.17) is 0 Å². The van der Waals surface area contributed by atoms with Gasteiger partial charge >= 0.3 is 0 Å². The normalized spacial score (nSPS) is 15.5. The SMILES string of the molecule is CCc1ccc(O)c(C(=O)N2CCC(c3c[nH]c4ccccc34)CC2)c1. The van der Waals surface area contributed by atoms with E-state index in [1.807, 2.05) is 30.0 Å². The largest absolute Gasteiger partial charge is 0.507 e. The lowest BCUT2D eigenvalue weighted by Gasteiger charge is -2.32. The molecule has 1 saturated heterocycles. The Hall–Kier alpha value is -2.75. The Bertz CT molecular complexity index is 936. The van der Waals surface area contributed by atoms with Crippen LogP contribution < -0.4 is 0 Å². The van der Waals surface area contributed by atoms with Crippen LogP contribution in [0.25, 0.3) is 10.9 Å². The van der Waals surface area contributed by atoms with Crippen molar-refractivity contribution in [1.82, 2.24) is 9.88 Å². The number of piperidine rings is 1. The summed E-state index contributed by atoms with van der Waals surface area (Å²) in [5.74, 6) is 0.479. The summed E-state index contributed by atoms with van der Waals surface area (Å²) in [6.07, 6.45) is 4.86. The van der Waals surface area contributed by atoms with Crippen molar-refractivity contribution < 1.29 is 9.90 Å². The number of aryl methyl sites for hydroxylation is 1. The molecule has 0 bridgehead atoms. The number of fused-ring (bicyclic) bond motifs is 1. The van der Waals surface area contributed by atoms with Gasteiger partial charge in [0.1, 0.15) is 5.75 Å². The fourth-order valence-electron chi connectivity index (χ4n) is 3.97. The molecule has 0 atom stereocenters. The van der Waals surface area contributed by atoms with Gasteiger partial charge in [-0.1, -0.05) is 31.2 Å². The van der Waals surface area contributed by atoms with Gasteiger partial charge in [0.05, 0.1) is 5.56 Å². The molecule has 4 heteroatoms. The zero-order valence-electron chi connectivity index (χ0n) is 15.0. The molecule has 0 spiro atoms. The van der Waals surface area contributed by atoms with Crippen molar-refractivity contribution >= 4 is 16.8 Å². The van der Waals surface area contributed by atoms with Crippen LogP contribution in [0.1, 0.15) is 47.2 Å². The van der Waals surface area contributed by atoms with E-state index in [-0.39, 0.29) is 11.7 Å². The summed E-state index contributed by atoms with van der Waals surface area (Å²) < 4.78 is 0. The summed E-state index contributed by atoms with van der Waals surface area (Å²) in [7, 11) is 0. The van der Waals surface area contributed by atoms with Crippen molar-refractivity contribution in [2.75, 3.05) is 13.1 Å². The summed E-state index contributed by atoms with van der Waals surface area (Å²) in [6, 6.07) is 13.7. The monoisotopic (exact) mass is 348 g/mol. The summed E-state index contributed by atoms with van der Waals surface area (Å²) in [6.45, 7) is 3.49. The Morgan fingerprint density at radius 3 is 2.73 bits per heavy atom. The molecule has 4 rings (SSSR count). The van der Waals surface area contributed by atoms with Gasteiger partial charge in [-0.15, -0.1) is 0 Å². The number of nitrogens with zero attached hydrogens (tertiary/aromatic N) is 1. The molecule has 4 nitrogen and oxygen atoms in total. The molecule has 1 aromatic heterocycles. The van der Waals surface area contributed by atoms with Crippen molar-refractivity contribution in [3.05, 3.63) is 65.4 Å². The third-order valence-electron chi connectivity index (χ3n) is 5.54. The maximum absolute atomic E-state index is 12.9. The minimum Gasteiger partial charge on any atom is -0.507 e. The van der Waals surface area contributed by atoms with E-state index in [2.05, 4.69) is 29.4 Å². The number of rotatable bonds is 3. The van der Waals surface area contributed by atoms with Crippen LogP contribution in [0.5, 0.6) is 5.75 Å². The number of likely N-dealkylation sites (tertiary alicyclic amines) is 1. The summed E-state index contributed by atoms with van der Waals surface area (Å²) >= 11 is 0. The number of aromatic hydroxyl groups is 1. The fraction of sp³-hybridized carbons (Fsp3) is 0.318. The van der Waals surface area contributed by atoms with Crippen molar-refractivity contribution in [3.8, 4) is 5.75 Å². The van der Waals surface area contributed by atoms with Gasteiger partial charge in [0.25, 0.3) is 5.91 Å². The lowest BCUT2D eigenvalue weighted by Crippen LogP contribution is -2.38. The lowest BCUT2D eigenvalue weighted by molar-refractivity contribution is 0.0710. The molecule has 1 amide bonds. The first-order valence-electron chi connectivity index (χ1n) is 9.34. The first-order chi connectivity index (χ1) is 12.7. The Kier molecular flexibility index (Phi) is 4.41. The molecule has 26 heavy (non-hydrogen) atoms. The van der Waals surface area contributed by atoms with Crippen molar-refractivity contribution in [2.45, 2.75) is 32.1 Å². The minimum absolute atomic E-state index is 0.0600. The van der Waals surface area contributed by atoms with Gasteiger partial charge in [0.2, 0.25) is 0 Å². The van der Waals surface area contributed by atoms with Gasteiger partial charge in [0.15, 0.2) is 0 Å². The van der Waals surface area contributed by atoms with Gasteiger partial charge in [-0.3, -0.25) is 4.79 Å². The Labute approximate surface area is 153 Å². The van der Waals surface area contributed by atoms with Gasteiger partial charge in [-0.05, 0) is 54.5 Å². The van der Waals surface area contributed by atoms with Crippen molar-refractivity contribution in [1.29, 1.82) is 0 Å². The molecule has 134 valence electrons. The van der Waals surface area contributed by atoms with Gasteiger partial charge in [-0.25, -0.2) is 0 Å². The highest BCUT2D eigenvalue weighted by Gasteiger charge is 2.27. The number of phenols is 1. The second-order valence-electron chi connectivity index (χ2n) is 7.06. The number of amides is 1. The number of hydrogen-bond donors (Lipinski definition) is 2. The summed E-state index contributed by atoms with van der Waals surface area (Å²) in [5.41, 5.74) is 4.01. The van der Waals surface area contributed by atoms with Crippen LogP contribution in [0.4, 0.5) is 0 Å². The molecule has 3 aromatic rings. The fourth-order valence-corrected chi connectivity index (χ4v) is 3.97. The predicted octanol–water partition coefficient (Wildman–Crippen LogP) is 4.46. The highest BCUT2D eigenvalue weighted by molar-refractivity contribution is 5.97. The highest BCUT2D eigenvalue weighted by atomic mass is 16.3. The number of nitrogens with one attached hydrogen (secondary N) is 1. The standard InChI is InChI=1S/C22H24N2O2/c1-2-15-7-8-21(25)18(13-15)22(26)24-11-9-16(10-12-24)19-14-23-20-6-4-3-5-17(19)20/h3-8,13-14,16,23,25H,2,9-12H2,1H3.